The maximum atomic E-state index is 12.3. The number of nitrogens with one attached hydrogen (secondary N) is 2. The van der Waals surface area contributed by atoms with Crippen molar-refractivity contribution in [3.63, 3.8) is 0 Å². The second-order valence-corrected chi connectivity index (χ2v) is 5.98. The van der Waals surface area contributed by atoms with Crippen molar-refractivity contribution in [1.29, 1.82) is 5.26 Å². The van der Waals surface area contributed by atoms with Crippen LogP contribution in [0.15, 0.2) is 48.5 Å². The molecule has 0 bridgehead atoms. The number of carbonyl (C=O) groups excluding carboxylic acids is 1. The molecule has 2 rings (SSSR count). The van der Waals surface area contributed by atoms with Gasteiger partial charge in [-0.2, -0.15) is 5.26 Å². The SMILES string of the molecule is CC[C@H](C)c1ccc(N[C@H](C)C(=O)Nc2ccc(C#N)cc2)cc1. The Morgan fingerprint density at radius 3 is 2.17 bits per heavy atom. The molecular formula is C20H23N3O. The van der Waals surface area contributed by atoms with Gasteiger partial charge >= 0.3 is 0 Å². The van der Waals surface area contributed by atoms with Crippen molar-refractivity contribution in [1.82, 2.24) is 0 Å². The summed E-state index contributed by atoms with van der Waals surface area (Å²) in [6.45, 7) is 6.20. The first-order chi connectivity index (χ1) is 11.5. The minimum absolute atomic E-state index is 0.120. The van der Waals surface area contributed by atoms with Gasteiger partial charge < -0.3 is 10.6 Å². The lowest BCUT2D eigenvalue weighted by molar-refractivity contribution is -0.116. The third-order valence-corrected chi connectivity index (χ3v) is 4.15. The summed E-state index contributed by atoms with van der Waals surface area (Å²) in [6.07, 6.45) is 1.11. The van der Waals surface area contributed by atoms with E-state index in [1.54, 1.807) is 24.3 Å². The van der Waals surface area contributed by atoms with Gasteiger partial charge in [0.2, 0.25) is 5.91 Å². The summed E-state index contributed by atoms with van der Waals surface area (Å²) in [6, 6.07) is 16.7. The molecule has 0 saturated carbocycles. The molecule has 2 atom stereocenters. The molecule has 2 N–H and O–H groups in total. The third-order valence-electron chi connectivity index (χ3n) is 4.15. The Labute approximate surface area is 143 Å². The molecule has 4 heteroatoms. The highest BCUT2D eigenvalue weighted by atomic mass is 16.2. The van der Waals surface area contributed by atoms with Crippen LogP contribution in [0.4, 0.5) is 11.4 Å². The van der Waals surface area contributed by atoms with Gasteiger partial charge in [-0.3, -0.25) is 4.79 Å². The first-order valence-corrected chi connectivity index (χ1v) is 8.21. The molecule has 2 aromatic carbocycles. The number of carbonyl (C=O) groups is 1. The van der Waals surface area contributed by atoms with E-state index >= 15 is 0 Å². The molecule has 0 aliphatic heterocycles. The molecule has 2 aromatic rings. The molecule has 0 radical (unpaired) electrons. The van der Waals surface area contributed by atoms with Gasteiger partial charge in [0.05, 0.1) is 11.6 Å². The molecule has 0 unspecified atom stereocenters. The van der Waals surface area contributed by atoms with Crippen molar-refractivity contribution in [3.05, 3.63) is 59.7 Å². The second-order valence-electron chi connectivity index (χ2n) is 5.98. The van der Waals surface area contributed by atoms with Gasteiger partial charge in [-0.15, -0.1) is 0 Å². The Balaban J connectivity index is 1.94. The first-order valence-electron chi connectivity index (χ1n) is 8.21. The maximum absolute atomic E-state index is 12.3. The minimum atomic E-state index is -0.366. The monoisotopic (exact) mass is 321 g/mol. The van der Waals surface area contributed by atoms with Crippen molar-refractivity contribution in [3.8, 4) is 6.07 Å². The maximum Gasteiger partial charge on any atom is 0.246 e. The average Bonchev–Trinajstić information content (AvgIpc) is 2.62. The number of rotatable bonds is 6. The zero-order valence-electron chi connectivity index (χ0n) is 14.3. The highest BCUT2D eigenvalue weighted by Crippen LogP contribution is 2.21. The van der Waals surface area contributed by atoms with E-state index in [9.17, 15) is 4.79 Å². The number of hydrogen-bond donors (Lipinski definition) is 2. The average molecular weight is 321 g/mol. The summed E-state index contributed by atoms with van der Waals surface area (Å²) < 4.78 is 0. The van der Waals surface area contributed by atoms with Gasteiger partial charge in [0, 0.05) is 11.4 Å². The minimum Gasteiger partial charge on any atom is -0.374 e. The van der Waals surface area contributed by atoms with Gasteiger partial charge in [-0.05, 0) is 61.2 Å². The number of hydrogen-bond acceptors (Lipinski definition) is 3. The Kier molecular flexibility index (Phi) is 5.97. The molecule has 1 amide bonds. The number of nitriles is 1. The Morgan fingerprint density at radius 2 is 1.62 bits per heavy atom. The van der Waals surface area contributed by atoms with Gasteiger partial charge in [0.15, 0.2) is 0 Å². The topological polar surface area (TPSA) is 64.9 Å². The van der Waals surface area contributed by atoms with Crippen molar-refractivity contribution in [2.45, 2.75) is 39.2 Å². The van der Waals surface area contributed by atoms with Crippen LogP contribution >= 0.6 is 0 Å². The highest BCUT2D eigenvalue weighted by Gasteiger charge is 2.13. The molecular weight excluding hydrogens is 298 g/mol. The van der Waals surface area contributed by atoms with E-state index in [-0.39, 0.29) is 11.9 Å². The summed E-state index contributed by atoms with van der Waals surface area (Å²) >= 11 is 0. The van der Waals surface area contributed by atoms with Crippen molar-refractivity contribution >= 4 is 17.3 Å². The molecule has 0 aliphatic carbocycles. The van der Waals surface area contributed by atoms with Crippen molar-refractivity contribution < 1.29 is 4.79 Å². The van der Waals surface area contributed by atoms with Crippen LogP contribution in [0.1, 0.15) is 44.2 Å². The summed E-state index contributed by atoms with van der Waals surface area (Å²) in [5.74, 6) is 0.418. The Hall–Kier alpha value is -2.80. The number of amides is 1. The molecule has 124 valence electrons. The zero-order valence-corrected chi connectivity index (χ0v) is 14.3. The normalized spacial score (nSPS) is 12.8. The van der Waals surface area contributed by atoms with Crippen molar-refractivity contribution in [2.75, 3.05) is 10.6 Å². The van der Waals surface area contributed by atoms with Gasteiger partial charge in [0.1, 0.15) is 6.04 Å². The lowest BCUT2D eigenvalue weighted by atomic mass is 9.98. The molecule has 0 aliphatic rings. The van der Waals surface area contributed by atoms with Crippen LogP contribution in [0.3, 0.4) is 0 Å². The lowest BCUT2D eigenvalue weighted by Crippen LogP contribution is -2.31. The number of anilines is 2. The van der Waals surface area contributed by atoms with E-state index in [0.29, 0.717) is 17.2 Å². The fraction of sp³-hybridized carbons (Fsp3) is 0.300. The standard InChI is InChI=1S/C20H23N3O/c1-4-14(2)17-7-11-18(12-8-17)22-15(3)20(24)23-19-9-5-16(13-21)6-10-19/h5-12,14-15,22H,4H2,1-3H3,(H,23,24)/t14-,15+/m0/s1. The molecule has 0 saturated heterocycles. The van der Waals surface area contributed by atoms with Crippen LogP contribution in [0.5, 0.6) is 0 Å². The van der Waals surface area contributed by atoms with Crippen LogP contribution in [-0.2, 0) is 4.79 Å². The Bertz CT molecular complexity index is 714. The van der Waals surface area contributed by atoms with E-state index in [1.165, 1.54) is 5.56 Å². The fourth-order valence-corrected chi connectivity index (χ4v) is 2.34. The lowest BCUT2D eigenvalue weighted by Gasteiger charge is -2.16. The van der Waals surface area contributed by atoms with Crippen molar-refractivity contribution in [2.24, 2.45) is 0 Å². The predicted molar refractivity (Wildman–Crippen MR) is 98.0 cm³/mol. The highest BCUT2D eigenvalue weighted by molar-refractivity contribution is 5.96. The molecule has 0 heterocycles. The first kappa shape index (κ1) is 17.6. The smallest absolute Gasteiger partial charge is 0.246 e. The van der Waals surface area contributed by atoms with Crippen LogP contribution in [0, 0.1) is 11.3 Å². The molecule has 24 heavy (non-hydrogen) atoms. The van der Waals surface area contributed by atoms with Gasteiger partial charge in [-0.25, -0.2) is 0 Å². The quantitative estimate of drug-likeness (QED) is 0.822. The molecule has 0 aromatic heterocycles. The van der Waals surface area contributed by atoms with Crippen LogP contribution in [0.25, 0.3) is 0 Å². The summed E-state index contributed by atoms with van der Waals surface area (Å²) in [5, 5.41) is 14.8. The van der Waals surface area contributed by atoms with Crippen LogP contribution in [0.2, 0.25) is 0 Å². The van der Waals surface area contributed by atoms with Gasteiger partial charge in [0.25, 0.3) is 0 Å². The summed E-state index contributed by atoms with van der Waals surface area (Å²) in [5.41, 5.74) is 3.47. The predicted octanol–water partition coefficient (Wildman–Crippen LogP) is 4.51. The summed E-state index contributed by atoms with van der Waals surface area (Å²) in [4.78, 5) is 12.3. The Morgan fingerprint density at radius 1 is 1.04 bits per heavy atom. The third kappa shape index (κ3) is 4.60. The zero-order chi connectivity index (χ0) is 17.5. The molecule has 0 fully saturated rings. The van der Waals surface area contributed by atoms with E-state index < -0.39 is 0 Å². The van der Waals surface area contributed by atoms with Crippen LogP contribution in [-0.4, -0.2) is 11.9 Å². The second kappa shape index (κ2) is 8.16. The van der Waals surface area contributed by atoms with E-state index in [4.69, 9.17) is 5.26 Å². The fourth-order valence-electron chi connectivity index (χ4n) is 2.34. The summed E-state index contributed by atoms with van der Waals surface area (Å²) in [7, 11) is 0. The van der Waals surface area contributed by atoms with E-state index in [2.05, 4.69) is 42.7 Å². The molecule has 0 spiro atoms. The number of benzene rings is 2. The van der Waals surface area contributed by atoms with E-state index in [0.717, 1.165) is 12.1 Å². The van der Waals surface area contributed by atoms with Gasteiger partial charge in [-0.1, -0.05) is 26.0 Å². The number of nitrogens with zero attached hydrogens (tertiary/aromatic N) is 1. The van der Waals surface area contributed by atoms with Crippen LogP contribution < -0.4 is 10.6 Å². The molecule has 4 nitrogen and oxygen atoms in total. The largest absolute Gasteiger partial charge is 0.374 e. The van der Waals surface area contributed by atoms with E-state index in [1.807, 2.05) is 19.1 Å².